The van der Waals surface area contributed by atoms with E-state index in [1.165, 1.54) is 31.5 Å². The molecule has 3 heterocycles. The Kier molecular flexibility index (Phi) is 8.79. The summed E-state index contributed by atoms with van der Waals surface area (Å²) in [6.45, 7) is 2.82. The summed E-state index contributed by atoms with van der Waals surface area (Å²) in [6.07, 6.45) is 3.20. The van der Waals surface area contributed by atoms with Crippen LogP contribution in [0.15, 0.2) is 58.3 Å². The zero-order chi connectivity index (χ0) is 30.0. The molecule has 1 saturated heterocycles. The summed E-state index contributed by atoms with van der Waals surface area (Å²) in [5.74, 6) is -1.01. The molecule has 0 saturated carbocycles. The second kappa shape index (κ2) is 12.5. The van der Waals surface area contributed by atoms with Gasteiger partial charge in [0.2, 0.25) is 5.91 Å². The van der Waals surface area contributed by atoms with Crippen LogP contribution in [-0.2, 0) is 22.5 Å². The first kappa shape index (κ1) is 29.5. The standard InChI is InChI=1S/C30H33ClFN5O5/c1-19(18-42-2)37-28(39)23(22-7-5-8-24(32)27(22)31)16-35(30(37)41)17-26(38)34-13-11-21(12-14-34)36-15-10-20-6-3-4-9-25(20)33-29(36)40/h3-9,16,19,21H,10-15,17-18H2,1-2H3,(H,33,40)/t19-/m0/s1. The highest BCUT2D eigenvalue weighted by Gasteiger charge is 2.31. The van der Waals surface area contributed by atoms with Crippen LogP contribution in [0.2, 0.25) is 5.02 Å². The van der Waals surface area contributed by atoms with Gasteiger partial charge in [-0.25, -0.2) is 14.0 Å². The maximum Gasteiger partial charge on any atom is 0.331 e. The SMILES string of the molecule is COC[C@H](C)n1c(=O)c(-c2cccc(F)c2Cl)cn(CC(=O)N2CCC(N3CCc4ccccc4NC3=O)CC2)c1=O. The van der Waals surface area contributed by atoms with E-state index in [0.717, 1.165) is 26.8 Å². The summed E-state index contributed by atoms with van der Waals surface area (Å²) in [5.41, 5.74) is 0.709. The van der Waals surface area contributed by atoms with E-state index >= 15 is 0 Å². The molecule has 1 fully saturated rings. The van der Waals surface area contributed by atoms with Gasteiger partial charge >= 0.3 is 11.7 Å². The van der Waals surface area contributed by atoms with Crippen LogP contribution in [0.3, 0.4) is 0 Å². The number of fused-ring (bicyclic) bond motifs is 1. The van der Waals surface area contributed by atoms with Gasteiger partial charge < -0.3 is 19.9 Å². The Morgan fingerprint density at radius 3 is 2.55 bits per heavy atom. The van der Waals surface area contributed by atoms with E-state index in [1.54, 1.807) is 11.8 Å². The second-order valence-corrected chi connectivity index (χ2v) is 11.1. The number of piperidine rings is 1. The Bertz CT molecular complexity index is 1610. The maximum atomic E-state index is 14.3. The molecule has 1 N–H and O–H groups in total. The number of anilines is 1. The van der Waals surface area contributed by atoms with Crippen molar-refractivity contribution in [2.24, 2.45) is 0 Å². The molecule has 0 radical (unpaired) electrons. The van der Waals surface area contributed by atoms with Crippen LogP contribution in [0.5, 0.6) is 0 Å². The van der Waals surface area contributed by atoms with Crippen LogP contribution >= 0.6 is 11.6 Å². The largest absolute Gasteiger partial charge is 0.383 e. The number of halogens is 2. The number of nitrogens with one attached hydrogen (secondary N) is 1. The molecule has 1 atom stereocenters. The highest BCUT2D eigenvalue weighted by molar-refractivity contribution is 6.33. The summed E-state index contributed by atoms with van der Waals surface area (Å²) in [6, 6.07) is 11.0. The number of rotatable bonds is 7. The lowest BCUT2D eigenvalue weighted by molar-refractivity contribution is -0.133. The lowest BCUT2D eigenvalue weighted by Gasteiger charge is -2.38. The molecule has 12 heteroatoms. The number of urea groups is 1. The Balaban J connectivity index is 1.34. The Hall–Kier alpha value is -3.96. The number of benzene rings is 2. The van der Waals surface area contributed by atoms with E-state index in [9.17, 15) is 23.6 Å². The average molecular weight is 598 g/mol. The van der Waals surface area contributed by atoms with Gasteiger partial charge in [-0.2, -0.15) is 0 Å². The van der Waals surface area contributed by atoms with Crippen molar-refractivity contribution < 1.29 is 18.7 Å². The van der Waals surface area contributed by atoms with Crippen LogP contribution in [-0.4, -0.2) is 70.3 Å². The molecule has 2 aliphatic heterocycles. The molecule has 10 nitrogen and oxygen atoms in total. The molecule has 0 spiro atoms. The van der Waals surface area contributed by atoms with Gasteiger partial charge in [0.25, 0.3) is 5.56 Å². The molecule has 3 amide bonds. The van der Waals surface area contributed by atoms with E-state index in [-0.39, 0.29) is 47.3 Å². The van der Waals surface area contributed by atoms with Crippen molar-refractivity contribution in [2.75, 3.05) is 38.7 Å². The highest BCUT2D eigenvalue weighted by atomic mass is 35.5. The number of nitrogens with zero attached hydrogens (tertiary/aromatic N) is 4. The number of aromatic nitrogens is 2. The average Bonchev–Trinajstić information content (AvgIpc) is 3.14. The van der Waals surface area contributed by atoms with E-state index in [2.05, 4.69) is 5.32 Å². The number of amides is 3. The minimum atomic E-state index is -0.705. The fourth-order valence-electron chi connectivity index (χ4n) is 5.75. The van der Waals surface area contributed by atoms with Crippen LogP contribution in [0, 0.1) is 5.82 Å². The van der Waals surface area contributed by atoms with Crippen molar-refractivity contribution in [1.29, 1.82) is 0 Å². The molecule has 0 bridgehead atoms. The summed E-state index contributed by atoms with van der Waals surface area (Å²) < 4.78 is 21.6. The molecule has 0 unspecified atom stereocenters. The summed E-state index contributed by atoms with van der Waals surface area (Å²) in [5, 5.41) is 2.75. The minimum Gasteiger partial charge on any atom is -0.383 e. The fraction of sp³-hybridized carbons (Fsp3) is 0.400. The summed E-state index contributed by atoms with van der Waals surface area (Å²) >= 11 is 6.19. The first-order valence-electron chi connectivity index (χ1n) is 13.9. The van der Waals surface area contributed by atoms with Gasteiger partial charge in [0.1, 0.15) is 12.4 Å². The van der Waals surface area contributed by atoms with Gasteiger partial charge in [-0.3, -0.25) is 18.7 Å². The van der Waals surface area contributed by atoms with E-state index < -0.39 is 23.1 Å². The zero-order valence-electron chi connectivity index (χ0n) is 23.5. The Morgan fingerprint density at radius 1 is 1.07 bits per heavy atom. The third-order valence-electron chi connectivity index (χ3n) is 7.98. The fourth-order valence-corrected chi connectivity index (χ4v) is 5.97. The monoisotopic (exact) mass is 597 g/mol. The molecule has 42 heavy (non-hydrogen) atoms. The van der Waals surface area contributed by atoms with Gasteiger partial charge in [-0.1, -0.05) is 41.9 Å². The molecule has 5 rings (SSSR count). The van der Waals surface area contributed by atoms with Crippen molar-refractivity contribution in [3.05, 3.63) is 85.9 Å². The smallest absolute Gasteiger partial charge is 0.331 e. The van der Waals surface area contributed by atoms with Gasteiger partial charge in [-0.15, -0.1) is 0 Å². The maximum absolute atomic E-state index is 14.3. The predicted molar refractivity (Wildman–Crippen MR) is 157 cm³/mol. The van der Waals surface area contributed by atoms with Crippen molar-refractivity contribution in [1.82, 2.24) is 18.9 Å². The lowest BCUT2D eigenvalue weighted by Crippen LogP contribution is -2.51. The molecule has 1 aromatic heterocycles. The third-order valence-corrected chi connectivity index (χ3v) is 8.37. The summed E-state index contributed by atoms with van der Waals surface area (Å²) in [7, 11) is 1.45. The molecule has 2 aliphatic rings. The quantitative estimate of drug-likeness (QED) is 0.446. The van der Waals surface area contributed by atoms with Crippen LogP contribution in [0.4, 0.5) is 14.9 Å². The molecular weight excluding hydrogens is 565 g/mol. The number of carbonyl (C=O) groups is 2. The van der Waals surface area contributed by atoms with Crippen LogP contribution in [0.1, 0.15) is 31.4 Å². The molecule has 222 valence electrons. The summed E-state index contributed by atoms with van der Waals surface area (Å²) in [4.78, 5) is 56.7. The Morgan fingerprint density at radius 2 is 1.81 bits per heavy atom. The number of methoxy groups -OCH3 is 1. The highest BCUT2D eigenvalue weighted by Crippen LogP contribution is 2.28. The topological polar surface area (TPSA) is 106 Å². The lowest BCUT2D eigenvalue weighted by atomic mass is 10.0. The third kappa shape index (κ3) is 5.84. The van der Waals surface area contributed by atoms with E-state index in [4.69, 9.17) is 16.3 Å². The van der Waals surface area contributed by atoms with Gasteiger partial charge in [0, 0.05) is 50.2 Å². The first-order valence-corrected chi connectivity index (χ1v) is 14.3. The predicted octanol–water partition coefficient (Wildman–Crippen LogP) is 3.76. The number of ether oxygens (including phenoxy) is 1. The number of hydrogen-bond donors (Lipinski definition) is 1. The van der Waals surface area contributed by atoms with Gasteiger partial charge in [0.05, 0.1) is 23.2 Å². The molecular formula is C30H33ClFN5O5. The van der Waals surface area contributed by atoms with Crippen molar-refractivity contribution in [3.8, 4) is 11.1 Å². The number of para-hydroxylation sites is 1. The molecule has 0 aliphatic carbocycles. The molecule has 2 aromatic carbocycles. The minimum absolute atomic E-state index is 0.00161. The van der Waals surface area contributed by atoms with Crippen molar-refractivity contribution >= 4 is 29.2 Å². The van der Waals surface area contributed by atoms with E-state index in [1.807, 2.05) is 29.2 Å². The van der Waals surface area contributed by atoms with Gasteiger partial charge in [0.15, 0.2) is 0 Å². The Labute approximate surface area is 247 Å². The first-order chi connectivity index (χ1) is 20.2. The van der Waals surface area contributed by atoms with Crippen molar-refractivity contribution in [3.63, 3.8) is 0 Å². The number of carbonyl (C=O) groups excluding carboxylic acids is 2. The van der Waals surface area contributed by atoms with Gasteiger partial charge in [-0.05, 0) is 43.9 Å². The van der Waals surface area contributed by atoms with Crippen LogP contribution in [0.25, 0.3) is 11.1 Å². The van der Waals surface area contributed by atoms with Crippen LogP contribution < -0.4 is 16.6 Å². The van der Waals surface area contributed by atoms with E-state index in [0.29, 0.717) is 32.5 Å². The molecule has 3 aromatic rings. The van der Waals surface area contributed by atoms with Crippen molar-refractivity contribution in [2.45, 2.75) is 44.8 Å². The second-order valence-electron chi connectivity index (χ2n) is 10.7. The number of hydrogen-bond acceptors (Lipinski definition) is 5. The number of likely N-dealkylation sites (tertiary alicyclic amines) is 1. The normalized spacial score (nSPS) is 16.5. The zero-order valence-corrected chi connectivity index (χ0v) is 24.3.